The molecule has 9 nitrogen and oxygen atoms in total. The van der Waals surface area contributed by atoms with Gasteiger partial charge in [0, 0.05) is 26.2 Å². The fourth-order valence-corrected chi connectivity index (χ4v) is 3.58. The molecule has 0 saturated carbocycles. The van der Waals surface area contributed by atoms with Crippen LogP contribution in [0.5, 0.6) is 17.2 Å². The molecule has 0 saturated heterocycles. The maximum Gasteiger partial charge on any atom is 0.347 e. The minimum absolute atomic E-state index is 0.00765. The van der Waals surface area contributed by atoms with Crippen molar-refractivity contribution in [3.63, 3.8) is 0 Å². The van der Waals surface area contributed by atoms with E-state index < -0.39 is 11.9 Å². The van der Waals surface area contributed by atoms with E-state index in [1.54, 1.807) is 79.8 Å². The molecule has 198 valence electrons. The van der Waals surface area contributed by atoms with Crippen LogP contribution < -0.4 is 19.5 Å². The number of nitrogens with one attached hydrogen (secondary N) is 1. The standard InChI is InChI=1S/C29H30N2O7/c1-31(18-17-30-28(33)21-12-6-9-15-24(21)36-3)27(32)19-26(20-11-5-8-14-23(20)35-2)38-29(34)22-13-7-10-16-25(22)37-4/h5-16,19H,17-18H2,1-4H3,(H,30,33)/b26-19-. The highest BCUT2D eigenvalue weighted by Gasteiger charge is 2.20. The summed E-state index contributed by atoms with van der Waals surface area (Å²) in [5, 5.41) is 2.78. The van der Waals surface area contributed by atoms with E-state index in [0.717, 1.165) is 0 Å². The van der Waals surface area contributed by atoms with Crippen LogP contribution in [0.2, 0.25) is 0 Å². The Hall–Kier alpha value is -4.79. The molecule has 0 heterocycles. The third-order valence-electron chi connectivity index (χ3n) is 5.62. The van der Waals surface area contributed by atoms with Crippen LogP contribution in [-0.2, 0) is 9.53 Å². The minimum Gasteiger partial charge on any atom is -0.496 e. The van der Waals surface area contributed by atoms with E-state index >= 15 is 0 Å². The van der Waals surface area contributed by atoms with Crippen molar-refractivity contribution < 1.29 is 33.3 Å². The third-order valence-corrected chi connectivity index (χ3v) is 5.62. The molecule has 3 aromatic rings. The summed E-state index contributed by atoms with van der Waals surface area (Å²) in [6, 6.07) is 20.4. The molecule has 3 rings (SSSR count). The van der Waals surface area contributed by atoms with Crippen LogP contribution in [0, 0.1) is 0 Å². The average Bonchev–Trinajstić information content (AvgIpc) is 2.96. The highest BCUT2D eigenvalue weighted by Crippen LogP contribution is 2.29. The van der Waals surface area contributed by atoms with Crippen molar-refractivity contribution in [3.8, 4) is 17.2 Å². The van der Waals surface area contributed by atoms with Crippen LogP contribution in [-0.4, -0.2) is 64.2 Å². The molecular weight excluding hydrogens is 488 g/mol. The van der Waals surface area contributed by atoms with Gasteiger partial charge in [0.15, 0.2) is 0 Å². The maximum absolute atomic E-state index is 13.1. The first kappa shape index (κ1) is 27.8. The maximum atomic E-state index is 13.1. The predicted molar refractivity (Wildman–Crippen MR) is 142 cm³/mol. The molecule has 1 N–H and O–H groups in total. The molecule has 2 amide bonds. The van der Waals surface area contributed by atoms with Crippen LogP contribution in [0.4, 0.5) is 0 Å². The average molecular weight is 519 g/mol. The van der Waals surface area contributed by atoms with Crippen molar-refractivity contribution in [2.45, 2.75) is 0 Å². The van der Waals surface area contributed by atoms with Gasteiger partial charge in [0.05, 0.1) is 32.5 Å². The zero-order chi connectivity index (χ0) is 27.5. The quantitative estimate of drug-likeness (QED) is 0.234. The number of likely N-dealkylation sites (N-methyl/N-ethyl adjacent to an activating group) is 1. The van der Waals surface area contributed by atoms with Crippen molar-refractivity contribution >= 4 is 23.5 Å². The van der Waals surface area contributed by atoms with Gasteiger partial charge in [0.2, 0.25) is 5.91 Å². The molecule has 9 heteroatoms. The van der Waals surface area contributed by atoms with Crippen molar-refractivity contribution in [2.24, 2.45) is 0 Å². The molecule has 3 aromatic carbocycles. The van der Waals surface area contributed by atoms with Crippen LogP contribution in [0.3, 0.4) is 0 Å². The Morgan fingerprint density at radius 1 is 0.737 bits per heavy atom. The lowest BCUT2D eigenvalue weighted by atomic mass is 10.1. The molecular formula is C29H30N2O7. The Kier molecular flexibility index (Phi) is 9.87. The summed E-state index contributed by atoms with van der Waals surface area (Å²) in [4.78, 5) is 40.0. The molecule has 0 spiro atoms. The highest BCUT2D eigenvalue weighted by molar-refractivity contribution is 6.00. The number of carbonyl (C=O) groups excluding carboxylic acids is 3. The normalized spacial score (nSPS) is 10.8. The Morgan fingerprint density at radius 2 is 1.21 bits per heavy atom. The molecule has 0 aliphatic rings. The van der Waals surface area contributed by atoms with Gasteiger partial charge in [-0.2, -0.15) is 0 Å². The lowest BCUT2D eigenvalue weighted by molar-refractivity contribution is -0.124. The number of methoxy groups -OCH3 is 3. The number of carbonyl (C=O) groups is 3. The Labute approximate surface area is 221 Å². The van der Waals surface area contributed by atoms with E-state index in [0.29, 0.717) is 28.4 Å². The van der Waals surface area contributed by atoms with E-state index in [2.05, 4.69) is 5.32 Å². The van der Waals surface area contributed by atoms with E-state index in [4.69, 9.17) is 18.9 Å². The number of hydrogen-bond donors (Lipinski definition) is 1. The summed E-state index contributed by atoms with van der Waals surface area (Å²) in [5.74, 6) is -0.232. The summed E-state index contributed by atoms with van der Waals surface area (Å²) in [7, 11) is 6.01. The van der Waals surface area contributed by atoms with Crippen LogP contribution in [0.25, 0.3) is 5.76 Å². The molecule has 0 aliphatic carbocycles. The minimum atomic E-state index is -0.695. The molecule has 0 aromatic heterocycles. The number of nitrogens with zero attached hydrogens (tertiary/aromatic N) is 1. The molecule has 0 radical (unpaired) electrons. The number of esters is 1. The molecule has 0 atom stereocenters. The fraction of sp³-hybridized carbons (Fsp3) is 0.207. The van der Waals surface area contributed by atoms with Gasteiger partial charge in [0.1, 0.15) is 28.6 Å². The number of para-hydroxylation sites is 3. The lowest BCUT2D eigenvalue weighted by Crippen LogP contribution is -2.35. The Morgan fingerprint density at radius 3 is 1.79 bits per heavy atom. The van der Waals surface area contributed by atoms with E-state index in [1.807, 2.05) is 0 Å². The van der Waals surface area contributed by atoms with Crippen molar-refractivity contribution in [1.29, 1.82) is 0 Å². The molecule has 0 aliphatic heterocycles. The lowest BCUT2D eigenvalue weighted by Gasteiger charge is -2.18. The van der Waals surface area contributed by atoms with Crippen LogP contribution >= 0.6 is 0 Å². The van der Waals surface area contributed by atoms with Crippen LogP contribution in [0.1, 0.15) is 26.3 Å². The van der Waals surface area contributed by atoms with Gasteiger partial charge in [-0.3, -0.25) is 9.59 Å². The summed E-state index contributed by atoms with van der Waals surface area (Å²) >= 11 is 0. The summed E-state index contributed by atoms with van der Waals surface area (Å²) in [6.07, 6.45) is 1.22. The van der Waals surface area contributed by atoms with E-state index in [1.165, 1.54) is 32.3 Å². The number of rotatable bonds is 11. The van der Waals surface area contributed by atoms with E-state index in [-0.39, 0.29) is 30.3 Å². The first-order valence-corrected chi connectivity index (χ1v) is 11.8. The number of hydrogen-bond acceptors (Lipinski definition) is 7. The molecule has 0 fully saturated rings. The van der Waals surface area contributed by atoms with E-state index in [9.17, 15) is 14.4 Å². The second kappa shape index (κ2) is 13.5. The number of amides is 2. The van der Waals surface area contributed by atoms with Gasteiger partial charge in [-0.15, -0.1) is 0 Å². The Bertz CT molecular complexity index is 1320. The first-order chi connectivity index (χ1) is 18.4. The monoisotopic (exact) mass is 518 g/mol. The molecule has 0 unspecified atom stereocenters. The SMILES string of the molecule is COc1ccccc1C(=O)NCCN(C)C(=O)/C=C(\OC(=O)c1ccccc1OC)c1ccccc1OC. The van der Waals surface area contributed by atoms with Crippen molar-refractivity contribution in [2.75, 3.05) is 41.5 Å². The molecule has 38 heavy (non-hydrogen) atoms. The van der Waals surface area contributed by atoms with Gasteiger partial charge >= 0.3 is 5.97 Å². The van der Waals surface area contributed by atoms with Gasteiger partial charge in [0.25, 0.3) is 5.91 Å². The summed E-state index contributed by atoms with van der Waals surface area (Å²) in [6.45, 7) is 0.397. The summed E-state index contributed by atoms with van der Waals surface area (Å²) < 4.78 is 21.6. The second-order valence-corrected chi connectivity index (χ2v) is 8.01. The number of ether oxygens (including phenoxy) is 4. The summed E-state index contributed by atoms with van der Waals surface area (Å²) in [5.41, 5.74) is 1.02. The van der Waals surface area contributed by atoms with Gasteiger partial charge in [-0.05, 0) is 36.4 Å². The fourth-order valence-electron chi connectivity index (χ4n) is 3.58. The molecule has 0 bridgehead atoms. The predicted octanol–water partition coefficient (Wildman–Crippen LogP) is 3.80. The number of benzene rings is 3. The zero-order valence-electron chi connectivity index (χ0n) is 21.7. The first-order valence-electron chi connectivity index (χ1n) is 11.8. The second-order valence-electron chi connectivity index (χ2n) is 8.01. The van der Waals surface area contributed by atoms with Crippen molar-refractivity contribution in [1.82, 2.24) is 10.2 Å². The smallest absolute Gasteiger partial charge is 0.347 e. The van der Waals surface area contributed by atoms with Gasteiger partial charge in [-0.1, -0.05) is 36.4 Å². The Balaban J connectivity index is 1.77. The third kappa shape index (κ3) is 6.91. The zero-order valence-corrected chi connectivity index (χ0v) is 21.7. The van der Waals surface area contributed by atoms with Gasteiger partial charge < -0.3 is 29.2 Å². The van der Waals surface area contributed by atoms with Gasteiger partial charge in [-0.25, -0.2) is 4.79 Å². The highest BCUT2D eigenvalue weighted by atomic mass is 16.5. The topological polar surface area (TPSA) is 103 Å². The van der Waals surface area contributed by atoms with Crippen molar-refractivity contribution in [3.05, 3.63) is 95.6 Å². The largest absolute Gasteiger partial charge is 0.496 e. The van der Waals surface area contributed by atoms with Crippen LogP contribution in [0.15, 0.2) is 78.9 Å².